The lowest BCUT2D eigenvalue weighted by Crippen LogP contribution is -2.52. The van der Waals surface area contributed by atoms with Crippen LogP contribution in [0.5, 0.6) is 0 Å². The van der Waals surface area contributed by atoms with Gasteiger partial charge in [-0.05, 0) is 73.4 Å². The van der Waals surface area contributed by atoms with E-state index >= 15 is 0 Å². The predicted octanol–water partition coefficient (Wildman–Crippen LogP) is 6.87. The molecule has 0 heterocycles. The number of hydrogen-bond donors (Lipinski definition) is 1. The zero-order valence-electron chi connectivity index (χ0n) is 23.2. The molecule has 1 atom stereocenters. The molecule has 0 bridgehead atoms. The third-order valence-electron chi connectivity index (χ3n) is 6.59. The lowest BCUT2D eigenvalue weighted by molar-refractivity contribution is -0.140. The summed E-state index contributed by atoms with van der Waals surface area (Å²) in [6.07, 6.45) is 2.01. The van der Waals surface area contributed by atoms with E-state index in [1.165, 1.54) is 17.0 Å². The molecule has 0 saturated heterocycles. The fraction of sp³-hybridized carbons (Fsp3) is 0.333. The Kier molecular flexibility index (Phi) is 11.9. The van der Waals surface area contributed by atoms with E-state index in [0.29, 0.717) is 44.8 Å². The summed E-state index contributed by atoms with van der Waals surface area (Å²) in [7, 11) is -4.17. The van der Waals surface area contributed by atoms with Gasteiger partial charge in [-0.2, -0.15) is 0 Å². The largest absolute Gasteiger partial charge is 0.354 e. The Bertz CT molecular complexity index is 1470. The highest BCUT2D eigenvalue weighted by Gasteiger charge is 2.34. The normalized spacial score (nSPS) is 12.0. The molecule has 7 nitrogen and oxygen atoms in total. The van der Waals surface area contributed by atoms with Crippen LogP contribution in [0.4, 0.5) is 5.69 Å². The molecule has 0 unspecified atom stereocenters. The number of aryl methyl sites for hydroxylation is 1. The minimum absolute atomic E-state index is 0.0221. The Morgan fingerprint density at radius 2 is 1.63 bits per heavy atom. The number of benzene rings is 3. The molecule has 0 fully saturated rings. The van der Waals surface area contributed by atoms with Gasteiger partial charge in [-0.1, -0.05) is 79.3 Å². The fourth-order valence-electron chi connectivity index (χ4n) is 4.39. The van der Waals surface area contributed by atoms with Gasteiger partial charge < -0.3 is 10.2 Å². The molecule has 3 aromatic rings. The molecule has 220 valence electrons. The summed E-state index contributed by atoms with van der Waals surface area (Å²) >= 11 is 18.5. The molecule has 0 spiro atoms. The molecule has 0 saturated carbocycles. The highest BCUT2D eigenvalue weighted by Crippen LogP contribution is 2.30. The van der Waals surface area contributed by atoms with E-state index in [1.807, 2.05) is 6.92 Å². The molecule has 1 N–H and O–H groups in total. The van der Waals surface area contributed by atoms with Crippen LogP contribution in [-0.2, 0) is 26.2 Å². The number of halogens is 3. The standard InChI is InChI=1S/C30H34Cl3N3O4S/c1-4-6-16-34-30(38)27(5-2)35(19-22-12-14-25(32)26(33)18-22)29(37)20-36(28-15-13-23(31)17-21(28)3)41(39,40)24-10-8-7-9-11-24/h7-15,17-18,27H,4-6,16,19-20H2,1-3H3,(H,34,38)/t27-/m0/s1. The molecule has 3 aromatic carbocycles. The second-order valence-electron chi connectivity index (χ2n) is 9.59. The van der Waals surface area contributed by atoms with E-state index in [2.05, 4.69) is 5.32 Å². The van der Waals surface area contributed by atoms with E-state index in [9.17, 15) is 18.0 Å². The Morgan fingerprint density at radius 3 is 2.24 bits per heavy atom. The molecular formula is C30H34Cl3N3O4S. The monoisotopic (exact) mass is 637 g/mol. The number of sulfonamides is 1. The molecule has 0 aliphatic carbocycles. The second-order valence-corrected chi connectivity index (χ2v) is 12.7. The maximum atomic E-state index is 14.1. The van der Waals surface area contributed by atoms with Gasteiger partial charge in [0.2, 0.25) is 11.8 Å². The predicted molar refractivity (Wildman–Crippen MR) is 166 cm³/mol. The van der Waals surface area contributed by atoms with E-state index in [4.69, 9.17) is 34.8 Å². The smallest absolute Gasteiger partial charge is 0.264 e. The van der Waals surface area contributed by atoms with Gasteiger partial charge in [0.25, 0.3) is 10.0 Å². The topological polar surface area (TPSA) is 86.8 Å². The van der Waals surface area contributed by atoms with E-state index in [0.717, 1.165) is 17.1 Å². The molecule has 2 amide bonds. The second kappa shape index (κ2) is 14.9. The van der Waals surface area contributed by atoms with Gasteiger partial charge >= 0.3 is 0 Å². The van der Waals surface area contributed by atoms with Crippen LogP contribution in [0.2, 0.25) is 15.1 Å². The van der Waals surface area contributed by atoms with Crippen molar-refractivity contribution in [2.75, 3.05) is 17.4 Å². The Morgan fingerprint density at radius 1 is 0.927 bits per heavy atom. The number of hydrogen-bond acceptors (Lipinski definition) is 4. The van der Waals surface area contributed by atoms with Crippen molar-refractivity contribution in [1.29, 1.82) is 0 Å². The Labute approximate surface area is 257 Å². The number of nitrogens with one attached hydrogen (secondary N) is 1. The zero-order chi connectivity index (χ0) is 30.2. The molecule has 3 rings (SSSR count). The van der Waals surface area contributed by atoms with Crippen LogP contribution in [0.1, 0.15) is 44.2 Å². The first kappa shape index (κ1) is 32.7. The number of amides is 2. The van der Waals surface area contributed by atoms with Crippen LogP contribution in [0.3, 0.4) is 0 Å². The number of rotatable bonds is 13. The summed E-state index contributed by atoms with van der Waals surface area (Å²) in [5.41, 5.74) is 1.53. The van der Waals surface area contributed by atoms with Gasteiger partial charge in [0.05, 0.1) is 20.6 Å². The maximum Gasteiger partial charge on any atom is 0.264 e. The first-order valence-electron chi connectivity index (χ1n) is 13.3. The van der Waals surface area contributed by atoms with Crippen LogP contribution in [-0.4, -0.2) is 44.3 Å². The lowest BCUT2D eigenvalue weighted by atomic mass is 10.1. The zero-order valence-corrected chi connectivity index (χ0v) is 26.3. The fourth-order valence-corrected chi connectivity index (χ4v) is 6.44. The highest BCUT2D eigenvalue weighted by molar-refractivity contribution is 7.92. The van der Waals surface area contributed by atoms with Gasteiger partial charge in [0.1, 0.15) is 12.6 Å². The Hall–Kier alpha value is -2.78. The van der Waals surface area contributed by atoms with Crippen molar-refractivity contribution in [2.45, 2.75) is 57.5 Å². The molecular weight excluding hydrogens is 605 g/mol. The van der Waals surface area contributed by atoms with Gasteiger partial charge in [-0.25, -0.2) is 8.42 Å². The van der Waals surface area contributed by atoms with Crippen LogP contribution >= 0.6 is 34.8 Å². The number of anilines is 1. The van der Waals surface area contributed by atoms with Crippen LogP contribution in [0, 0.1) is 6.92 Å². The average molecular weight is 639 g/mol. The summed E-state index contributed by atoms with van der Waals surface area (Å²) in [5, 5.41) is 4.01. The molecule has 0 radical (unpaired) electrons. The average Bonchev–Trinajstić information content (AvgIpc) is 2.94. The molecule has 0 aliphatic heterocycles. The summed E-state index contributed by atoms with van der Waals surface area (Å²) in [4.78, 5) is 28.8. The van der Waals surface area contributed by atoms with Crippen molar-refractivity contribution in [3.8, 4) is 0 Å². The summed E-state index contributed by atoms with van der Waals surface area (Å²) in [5.74, 6) is -0.864. The number of unbranched alkanes of at least 4 members (excludes halogenated alkanes) is 1. The molecule has 0 aliphatic rings. The van der Waals surface area contributed by atoms with E-state index in [-0.39, 0.29) is 17.3 Å². The Balaban J connectivity index is 2.07. The molecule has 41 heavy (non-hydrogen) atoms. The van der Waals surface area contributed by atoms with Crippen molar-refractivity contribution in [3.05, 3.63) is 92.9 Å². The quantitative estimate of drug-likeness (QED) is 0.207. The van der Waals surface area contributed by atoms with Gasteiger partial charge in [0.15, 0.2) is 0 Å². The maximum absolute atomic E-state index is 14.1. The highest BCUT2D eigenvalue weighted by atomic mass is 35.5. The first-order chi connectivity index (χ1) is 19.5. The van der Waals surface area contributed by atoms with Crippen LogP contribution in [0.15, 0.2) is 71.6 Å². The molecule has 0 aromatic heterocycles. The van der Waals surface area contributed by atoms with Gasteiger partial charge in [-0.15, -0.1) is 0 Å². The van der Waals surface area contributed by atoms with Crippen molar-refractivity contribution in [2.24, 2.45) is 0 Å². The SMILES string of the molecule is CCCCNC(=O)[C@H](CC)N(Cc1ccc(Cl)c(Cl)c1)C(=O)CN(c1ccc(Cl)cc1C)S(=O)(=O)c1ccccc1. The van der Waals surface area contributed by atoms with E-state index in [1.54, 1.807) is 68.4 Å². The van der Waals surface area contributed by atoms with Crippen molar-refractivity contribution < 1.29 is 18.0 Å². The van der Waals surface area contributed by atoms with Gasteiger partial charge in [0, 0.05) is 18.1 Å². The van der Waals surface area contributed by atoms with Crippen LogP contribution in [0.25, 0.3) is 0 Å². The van der Waals surface area contributed by atoms with Crippen molar-refractivity contribution in [1.82, 2.24) is 10.2 Å². The molecule has 11 heteroatoms. The number of nitrogens with zero attached hydrogens (tertiary/aromatic N) is 2. The summed E-state index contributed by atoms with van der Waals surface area (Å²) in [6.45, 7) is 5.50. The van der Waals surface area contributed by atoms with E-state index < -0.39 is 28.5 Å². The number of carbonyl (C=O) groups is 2. The van der Waals surface area contributed by atoms with Crippen LogP contribution < -0.4 is 9.62 Å². The summed E-state index contributed by atoms with van der Waals surface area (Å²) in [6, 6.07) is 16.8. The minimum atomic E-state index is -4.17. The third-order valence-corrected chi connectivity index (χ3v) is 9.34. The lowest BCUT2D eigenvalue weighted by Gasteiger charge is -2.33. The van der Waals surface area contributed by atoms with Gasteiger partial charge in [-0.3, -0.25) is 13.9 Å². The first-order valence-corrected chi connectivity index (χ1v) is 15.9. The third kappa shape index (κ3) is 8.38. The number of carbonyl (C=O) groups excluding carboxylic acids is 2. The van der Waals surface area contributed by atoms with Crippen molar-refractivity contribution >= 4 is 62.3 Å². The van der Waals surface area contributed by atoms with Crippen molar-refractivity contribution in [3.63, 3.8) is 0 Å². The minimum Gasteiger partial charge on any atom is -0.354 e. The summed E-state index contributed by atoms with van der Waals surface area (Å²) < 4.78 is 28.9.